The van der Waals surface area contributed by atoms with E-state index in [1.807, 2.05) is 36.4 Å². The van der Waals surface area contributed by atoms with Gasteiger partial charge in [-0.3, -0.25) is 19.0 Å². The molecule has 3 aromatic carbocycles. The lowest BCUT2D eigenvalue weighted by Crippen LogP contribution is -2.24. The van der Waals surface area contributed by atoms with Crippen LogP contribution in [0.4, 0.5) is 5.69 Å². The van der Waals surface area contributed by atoms with Crippen molar-refractivity contribution in [2.75, 3.05) is 11.1 Å². The van der Waals surface area contributed by atoms with Gasteiger partial charge in [-0.15, -0.1) is 0 Å². The number of nitrogens with one attached hydrogen (secondary N) is 1. The third-order valence-electron chi connectivity index (χ3n) is 5.38. The monoisotopic (exact) mass is 471 g/mol. The zero-order valence-corrected chi connectivity index (χ0v) is 19.7. The molecule has 0 spiro atoms. The van der Waals surface area contributed by atoms with Gasteiger partial charge in [0.1, 0.15) is 0 Å². The van der Waals surface area contributed by atoms with Crippen LogP contribution in [-0.4, -0.2) is 27.0 Å². The molecule has 0 aliphatic heterocycles. The third-order valence-corrected chi connectivity index (χ3v) is 6.35. The highest BCUT2D eigenvalue weighted by molar-refractivity contribution is 7.99. The number of carbonyl (C=O) groups excluding carboxylic acids is 2. The Labute approximate surface area is 202 Å². The number of hydrogen-bond acceptors (Lipinski definition) is 5. The number of amides is 1. The SMILES string of the molecule is CC(=O)Nc1ccc(C(=O)CSc2nc3ccccc3c(=O)n2CCCc2ccccc2)cc1. The van der Waals surface area contributed by atoms with Crippen LogP contribution in [0.2, 0.25) is 0 Å². The number of rotatable bonds is 9. The fourth-order valence-electron chi connectivity index (χ4n) is 3.70. The summed E-state index contributed by atoms with van der Waals surface area (Å²) in [6.45, 7) is 1.96. The Morgan fingerprint density at radius 1 is 0.941 bits per heavy atom. The summed E-state index contributed by atoms with van der Waals surface area (Å²) in [4.78, 5) is 41.9. The van der Waals surface area contributed by atoms with Gasteiger partial charge in [-0.25, -0.2) is 4.98 Å². The molecular weight excluding hydrogens is 446 g/mol. The molecule has 0 radical (unpaired) electrons. The van der Waals surface area contributed by atoms with Gasteiger partial charge in [0, 0.05) is 24.7 Å². The lowest BCUT2D eigenvalue weighted by atomic mass is 10.1. The molecule has 0 unspecified atom stereocenters. The van der Waals surface area contributed by atoms with Gasteiger partial charge >= 0.3 is 0 Å². The number of nitrogens with zero attached hydrogens (tertiary/aromatic N) is 2. The standard InChI is InChI=1S/C27H25N3O3S/c1-19(31)28-22-15-13-21(14-16-22)25(32)18-34-27-29-24-12-6-5-11-23(24)26(33)30(27)17-7-10-20-8-3-2-4-9-20/h2-6,8-9,11-16H,7,10,17-18H2,1H3,(H,28,31). The van der Waals surface area contributed by atoms with Crippen LogP contribution in [0.1, 0.15) is 29.3 Å². The molecule has 34 heavy (non-hydrogen) atoms. The van der Waals surface area contributed by atoms with Crippen molar-refractivity contribution in [1.29, 1.82) is 0 Å². The van der Waals surface area contributed by atoms with Gasteiger partial charge in [0.2, 0.25) is 5.91 Å². The molecule has 172 valence electrons. The maximum atomic E-state index is 13.2. The number of ketones is 1. The van der Waals surface area contributed by atoms with Crippen LogP contribution in [-0.2, 0) is 17.8 Å². The summed E-state index contributed by atoms with van der Waals surface area (Å²) in [6, 6.07) is 24.2. The van der Waals surface area contributed by atoms with E-state index < -0.39 is 0 Å². The number of anilines is 1. The van der Waals surface area contributed by atoms with E-state index in [0.29, 0.717) is 33.9 Å². The first-order chi connectivity index (χ1) is 16.5. The lowest BCUT2D eigenvalue weighted by molar-refractivity contribution is -0.114. The van der Waals surface area contributed by atoms with Gasteiger partial charge in [0.25, 0.3) is 5.56 Å². The Balaban J connectivity index is 1.52. The number of thioether (sulfide) groups is 1. The van der Waals surface area contributed by atoms with Crippen molar-refractivity contribution < 1.29 is 9.59 Å². The minimum atomic E-state index is -0.165. The first-order valence-corrected chi connectivity index (χ1v) is 12.1. The van der Waals surface area contributed by atoms with Crippen molar-refractivity contribution >= 4 is 40.0 Å². The maximum Gasteiger partial charge on any atom is 0.262 e. The van der Waals surface area contributed by atoms with E-state index >= 15 is 0 Å². The second-order valence-electron chi connectivity index (χ2n) is 7.93. The van der Waals surface area contributed by atoms with E-state index in [1.165, 1.54) is 24.2 Å². The number of para-hydroxylation sites is 1. The molecule has 0 atom stereocenters. The molecule has 1 amide bonds. The fraction of sp³-hybridized carbons (Fsp3) is 0.185. The normalized spacial score (nSPS) is 10.9. The molecular formula is C27H25N3O3S. The van der Waals surface area contributed by atoms with Crippen LogP contribution < -0.4 is 10.9 Å². The van der Waals surface area contributed by atoms with Gasteiger partial charge in [-0.05, 0) is 54.8 Å². The van der Waals surface area contributed by atoms with Crippen LogP contribution in [0.25, 0.3) is 10.9 Å². The van der Waals surface area contributed by atoms with E-state index in [4.69, 9.17) is 4.98 Å². The highest BCUT2D eigenvalue weighted by Gasteiger charge is 2.14. The second-order valence-corrected chi connectivity index (χ2v) is 8.87. The van der Waals surface area contributed by atoms with Crippen molar-refractivity contribution in [3.63, 3.8) is 0 Å². The van der Waals surface area contributed by atoms with E-state index in [0.717, 1.165) is 12.8 Å². The zero-order chi connectivity index (χ0) is 23.9. The molecule has 0 saturated heterocycles. The largest absolute Gasteiger partial charge is 0.326 e. The summed E-state index contributed by atoms with van der Waals surface area (Å²) >= 11 is 1.27. The minimum absolute atomic E-state index is 0.0716. The molecule has 1 aromatic heterocycles. The molecule has 4 aromatic rings. The minimum Gasteiger partial charge on any atom is -0.326 e. The summed E-state index contributed by atoms with van der Waals surface area (Å²) in [6.07, 6.45) is 1.64. The first kappa shape index (κ1) is 23.4. The summed E-state index contributed by atoms with van der Waals surface area (Å²) in [7, 11) is 0. The number of carbonyl (C=O) groups is 2. The molecule has 1 N–H and O–H groups in total. The molecule has 4 rings (SSSR count). The van der Waals surface area contributed by atoms with Gasteiger partial charge in [0.15, 0.2) is 10.9 Å². The number of aryl methyl sites for hydroxylation is 1. The maximum absolute atomic E-state index is 13.2. The molecule has 0 saturated carbocycles. The summed E-state index contributed by atoms with van der Waals surface area (Å²) in [5, 5.41) is 3.80. The van der Waals surface area contributed by atoms with Crippen molar-refractivity contribution in [1.82, 2.24) is 9.55 Å². The summed E-state index contributed by atoms with van der Waals surface area (Å²) in [5.41, 5.74) is 2.94. The summed E-state index contributed by atoms with van der Waals surface area (Å²) < 4.78 is 1.68. The van der Waals surface area contributed by atoms with Gasteiger partial charge < -0.3 is 5.32 Å². The number of aromatic nitrogens is 2. The average molecular weight is 472 g/mol. The summed E-state index contributed by atoms with van der Waals surface area (Å²) in [5.74, 6) is -0.0805. The van der Waals surface area contributed by atoms with Crippen LogP contribution >= 0.6 is 11.8 Å². The second kappa shape index (κ2) is 10.9. The molecule has 6 nitrogen and oxygen atoms in total. The van der Waals surface area contributed by atoms with E-state index in [9.17, 15) is 14.4 Å². The topological polar surface area (TPSA) is 81.1 Å². The predicted molar refractivity (Wildman–Crippen MR) is 137 cm³/mol. The van der Waals surface area contributed by atoms with Gasteiger partial charge in [-0.1, -0.05) is 54.2 Å². The van der Waals surface area contributed by atoms with Crippen LogP contribution in [0.15, 0.2) is 88.8 Å². The van der Waals surface area contributed by atoms with Crippen molar-refractivity contribution in [2.45, 2.75) is 31.5 Å². The van der Waals surface area contributed by atoms with Crippen molar-refractivity contribution in [3.8, 4) is 0 Å². The van der Waals surface area contributed by atoms with E-state index in [2.05, 4.69) is 17.4 Å². The van der Waals surface area contributed by atoms with E-state index in [1.54, 1.807) is 34.9 Å². The number of Topliss-reactive ketones (excluding diaryl/α,β-unsaturated/α-hetero) is 1. The van der Waals surface area contributed by atoms with Gasteiger partial charge in [-0.2, -0.15) is 0 Å². The quantitative estimate of drug-likeness (QED) is 0.212. The molecule has 0 bridgehead atoms. The fourth-order valence-corrected chi connectivity index (χ4v) is 4.62. The molecule has 0 aliphatic rings. The first-order valence-electron chi connectivity index (χ1n) is 11.1. The van der Waals surface area contributed by atoms with E-state index in [-0.39, 0.29) is 23.0 Å². The van der Waals surface area contributed by atoms with Crippen molar-refractivity contribution in [3.05, 3.63) is 100 Å². The number of hydrogen-bond donors (Lipinski definition) is 1. The smallest absolute Gasteiger partial charge is 0.262 e. The molecule has 1 heterocycles. The molecule has 7 heteroatoms. The number of benzene rings is 3. The third kappa shape index (κ3) is 5.80. The molecule has 0 fully saturated rings. The highest BCUT2D eigenvalue weighted by atomic mass is 32.2. The molecule has 0 aliphatic carbocycles. The Hall–Kier alpha value is -3.71. The van der Waals surface area contributed by atoms with Crippen molar-refractivity contribution in [2.24, 2.45) is 0 Å². The zero-order valence-electron chi connectivity index (χ0n) is 18.9. The average Bonchev–Trinajstić information content (AvgIpc) is 2.85. The lowest BCUT2D eigenvalue weighted by Gasteiger charge is -2.13. The predicted octanol–water partition coefficient (Wildman–Crippen LogP) is 4.96. The Morgan fingerprint density at radius 2 is 1.65 bits per heavy atom. The van der Waals surface area contributed by atoms with Crippen LogP contribution in [0.3, 0.4) is 0 Å². The van der Waals surface area contributed by atoms with Gasteiger partial charge in [0.05, 0.1) is 16.7 Å². The Morgan fingerprint density at radius 3 is 2.38 bits per heavy atom. The Bertz CT molecular complexity index is 1370. The van der Waals surface area contributed by atoms with Crippen LogP contribution in [0, 0.1) is 0 Å². The van der Waals surface area contributed by atoms with Crippen LogP contribution in [0.5, 0.6) is 0 Å². The number of fused-ring (bicyclic) bond motifs is 1. The highest BCUT2D eigenvalue weighted by Crippen LogP contribution is 2.20. The Kier molecular flexibility index (Phi) is 7.54.